The van der Waals surface area contributed by atoms with Crippen LogP contribution in [0.5, 0.6) is 0 Å². The monoisotopic (exact) mass is 392 g/mol. The van der Waals surface area contributed by atoms with Crippen molar-refractivity contribution in [2.45, 2.75) is 36.3 Å². The van der Waals surface area contributed by atoms with E-state index >= 15 is 0 Å². The van der Waals surface area contributed by atoms with E-state index in [9.17, 15) is 12.8 Å². The molecule has 3 heterocycles. The highest BCUT2D eigenvalue weighted by Crippen LogP contribution is 2.35. The molecule has 7 heteroatoms. The standard InChI is InChI=1S/C19H21FN2O2S2/c1-2-15-4-6-19(25-15)26(23,24)22-9-7-13(8-10-22)17-12-21-18-5-3-14(20)11-16(17)18/h3-6,11-13,21H,2,7-10H2,1H3. The van der Waals surface area contributed by atoms with Gasteiger partial charge in [0.2, 0.25) is 0 Å². The first-order chi connectivity index (χ1) is 12.5. The van der Waals surface area contributed by atoms with E-state index in [1.54, 1.807) is 22.5 Å². The van der Waals surface area contributed by atoms with E-state index in [1.165, 1.54) is 17.4 Å². The lowest BCUT2D eigenvalue weighted by molar-refractivity contribution is 0.321. The Balaban J connectivity index is 1.52. The van der Waals surface area contributed by atoms with E-state index in [2.05, 4.69) is 4.98 Å². The Labute approximate surface area is 156 Å². The van der Waals surface area contributed by atoms with E-state index < -0.39 is 10.0 Å². The topological polar surface area (TPSA) is 53.2 Å². The number of aromatic nitrogens is 1. The largest absolute Gasteiger partial charge is 0.361 e. The van der Waals surface area contributed by atoms with Crippen molar-refractivity contribution in [3.05, 3.63) is 52.8 Å². The van der Waals surface area contributed by atoms with Crippen LogP contribution in [0.1, 0.15) is 36.1 Å². The minimum absolute atomic E-state index is 0.242. The number of aryl methyl sites for hydroxylation is 1. The molecule has 2 aromatic heterocycles. The molecule has 26 heavy (non-hydrogen) atoms. The molecule has 1 N–H and O–H groups in total. The Morgan fingerprint density at radius 2 is 2.00 bits per heavy atom. The van der Waals surface area contributed by atoms with Crippen LogP contribution in [0.2, 0.25) is 0 Å². The Kier molecular flexibility index (Phi) is 4.62. The van der Waals surface area contributed by atoms with Gasteiger partial charge in [0.1, 0.15) is 10.0 Å². The SMILES string of the molecule is CCc1ccc(S(=O)(=O)N2CCC(c3c[nH]c4ccc(F)cc34)CC2)s1. The van der Waals surface area contributed by atoms with Crippen LogP contribution < -0.4 is 0 Å². The van der Waals surface area contributed by atoms with Gasteiger partial charge < -0.3 is 4.98 Å². The number of piperidine rings is 1. The predicted molar refractivity (Wildman–Crippen MR) is 103 cm³/mol. The number of rotatable bonds is 4. The molecule has 4 rings (SSSR count). The van der Waals surface area contributed by atoms with Crippen molar-refractivity contribution < 1.29 is 12.8 Å². The molecule has 138 valence electrons. The van der Waals surface area contributed by atoms with Gasteiger partial charge in [-0.3, -0.25) is 0 Å². The quantitative estimate of drug-likeness (QED) is 0.711. The highest BCUT2D eigenvalue weighted by Gasteiger charge is 2.31. The summed E-state index contributed by atoms with van der Waals surface area (Å²) in [6.07, 6.45) is 4.27. The Morgan fingerprint density at radius 3 is 2.69 bits per heavy atom. The lowest BCUT2D eigenvalue weighted by Gasteiger charge is -2.30. The number of nitrogens with zero attached hydrogens (tertiary/aromatic N) is 1. The van der Waals surface area contributed by atoms with Gasteiger partial charge in [0.15, 0.2) is 0 Å². The van der Waals surface area contributed by atoms with Gasteiger partial charge in [-0.1, -0.05) is 6.92 Å². The van der Waals surface area contributed by atoms with Gasteiger partial charge in [0, 0.05) is 35.1 Å². The zero-order chi connectivity index (χ0) is 18.3. The van der Waals surface area contributed by atoms with E-state index in [-0.39, 0.29) is 11.7 Å². The molecule has 3 aromatic rings. The summed E-state index contributed by atoms with van der Waals surface area (Å²) in [5.41, 5.74) is 2.00. The molecule has 0 aliphatic carbocycles. The van der Waals surface area contributed by atoms with Crippen molar-refractivity contribution in [2.75, 3.05) is 13.1 Å². The number of thiophene rings is 1. The van der Waals surface area contributed by atoms with E-state index in [0.29, 0.717) is 17.3 Å². The average Bonchev–Trinajstić information content (AvgIpc) is 3.29. The number of sulfonamides is 1. The molecule has 0 unspecified atom stereocenters. The fraction of sp³-hybridized carbons (Fsp3) is 0.368. The van der Waals surface area contributed by atoms with Gasteiger partial charge in [-0.15, -0.1) is 11.3 Å². The average molecular weight is 393 g/mol. The first-order valence-corrected chi connectivity index (χ1v) is 11.1. The second-order valence-electron chi connectivity index (χ2n) is 6.69. The molecule has 0 amide bonds. The van der Waals surface area contributed by atoms with E-state index in [0.717, 1.165) is 40.6 Å². The second kappa shape index (κ2) is 6.79. The van der Waals surface area contributed by atoms with Crippen LogP contribution in [0.25, 0.3) is 10.9 Å². The zero-order valence-corrected chi connectivity index (χ0v) is 16.2. The van der Waals surface area contributed by atoms with Crippen LogP contribution in [0.3, 0.4) is 0 Å². The van der Waals surface area contributed by atoms with Crippen molar-refractivity contribution >= 4 is 32.3 Å². The smallest absolute Gasteiger partial charge is 0.252 e. The minimum atomic E-state index is -3.41. The van der Waals surface area contributed by atoms with E-state index in [1.807, 2.05) is 19.2 Å². The molecule has 0 spiro atoms. The van der Waals surface area contributed by atoms with Gasteiger partial charge in [0.05, 0.1) is 0 Å². The number of benzene rings is 1. The Bertz CT molecular complexity index is 1030. The summed E-state index contributed by atoms with van der Waals surface area (Å²) >= 11 is 1.36. The summed E-state index contributed by atoms with van der Waals surface area (Å²) < 4.78 is 41.3. The third-order valence-electron chi connectivity index (χ3n) is 5.15. The third kappa shape index (κ3) is 3.08. The van der Waals surface area contributed by atoms with Gasteiger partial charge in [-0.2, -0.15) is 4.31 Å². The van der Waals surface area contributed by atoms with Gasteiger partial charge in [-0.05, 0) is 61.1 Å². The van der Waals surface area contributed by atoms with Crippen molar-refractivity contribution in [2.24, 2.45) is 0 Å². The van der Waals surface area contributed by atoms with E-state index in [4.69, 9.17) is 0 Å². The number of H-pyrrole nitrogens is 1. The number of aromatic amines is 1. The molecule has 1 aromatic carbocycles. The number of fused-ring (bicyclic) bond motifs is 1. The molecule has 0 bridgehead atoms. The zero-order valence-electron chi connectivity index (χ0n) is 14.5. The Hall–Kier alpha value is -1.70. The number of nitrogens with one attached hydrogen (secondary N) is 1. The van der Waals surface area contributed by atoms with Crippen LogP contribution in [-0.4, -0.2) is 30.8 Å². The summed E-state index contributed by atoms with van der Waals surface area (Å²) in [7, 11) is -3.41. The number of halogens is 1. The van der Waals surface area contributed by atoms with Crippen LogP contribution >= 0.6 is 11.3 Å². The molecule has 1 fully saturated rings. The fourth-order valence-electron chi connectivity index (χ4n) is 3.67. The maximum absolute atomic E-state index is 13.6. The molecule has 0 radical (unpaired) electrons. The first kappa shape index (κ1) is 17.7. The first-order valence-electron chi connectivity index (χ1n) is 8.84. The molecule has 0 atom stereocenters. The van der Waals surface area contributed by atoms with Crippen LogP contribution in [0.4, 0.5) is 4.39 Å². The normalized spacial score (nSPS) is 17.2. The molecule has 4 nitrogen and oxygen atoms in total. The third-order valence-corrected chi connectivity index (χ3v) is 8.74. The lowest BCUT2D eigenvalue weighted by atomic mass is 9.90. The van der Waals surface area contributed by atoms with Crippen molar-refractivity contribution in [1.29, 1.82) is 0 Å². The molecule has 0 saturated carbocycles. The molecule has 1 saturated heterocycles. The number of hydrogen-bond donors (Lipinski definition) is 1. The van der Waals surface area contributed by atoms with Crippen LogP contribution in [-0.2, 0) is 16.4 Å². The summed E-state index contributed by atoms with van der Waals surface area (Å²) in [4.78, 5) is 4.27. The number of hydrogen-bond acceptors (Lipinski definition) is 3. The summed E-state index contributed by atoms with van der Waals surface area (Å²) in [5, 5.41) is 0.900. The van der Waals surface area contributed by atoms with Gasteiger partial charge >= 0.3 is 0 Å². The lowest BCUT2D eigenvalue weighted by Crippen LogP contribution is -2.37. The summed E-state index contributed by atoms with van der Waals surface area (Å²) in [5.74, 6) is -0.00525. The van der Waals surface area contributed by atoms with Crippen LogP contribution in [0, 0.1) is 5.82 Å². The molecule has 1 aliphatic heterocycles. The summed E-state index contributed by atoms with van der Waals surface area (Å²) in [6, 6.07) is 8.36. The van der Waals surface area contributed by atoms with Gasteiger partial charge in [-0.25, -0.2) is 12.8 Å². The second-order valence-corrected chi connectivity index (χ2v) is 10.0. The van der Waals surface area contributed by atoms with Crippen molar-refractivity contribution in [1.82, 2.24) is 9.29 Å². The Morgan fingerprint density at radius 1 is 1.23 bits per heavy atom. The van der Waals surface area contributed by atoms with Crippen molar-refractivity contribution in [3.63, 3.8) is 0 Å². The predicted octanol–water partition coefficient (Wildman–Crippen LogP) is 4.50. The molecular formula is C19H21FN2O2S2. The fourth-order valence-corrected chi connectivity index (χ4v) is 6.59. The maximum Gasteiger partial charge on any atom is 0.252 e. The van der Waals surface area contributed by atoms with Crippen molar-refractivity contribution in [3.8, 4) is 0 Å². The maximum atomic E-state index is 13.6. The minimum Gasteiger partial charge on any atom is -0.361 e. The molecular weight excluding hydrogens is 371 g/mol. The highest BCUT2D eigenvalue weighted by atomic mass is 32.2. The van der Waals surface area contributed by atoms with Crippen LogP contribution in [0.15, 0.2) is 40.7 Å². The molecule has 1 aliphatic rings. The summed E-state index contributed by atoms with van der Waals surface area (Å²) in [6.45, 7) is 3.01. The van der Waals surface area contributed by atoms with Gasteiger partial charge in [0.25, 0.3) is 10.0 Å². The highest BCUT2D eigenvalue weighted by molar-refractivity contribution is 7.91.